The molecule has 0 bridgehead atoms. The molecule has 0 saturated carbocycles. The number of hydrogen-bond donors (Lipinski definition) is 3. The Labute approximate surface area is 98.2 Å². The van der Waals surface area contributed by atoms with Crippen molar-refractivity contribution in [3.63, 3.8) is 0 Å². The number of alkyl halides is 2. The third-order valence-electron chi connectivity index (χ3n) is 1.65. The number of hydrogen-bond acceptors (Lipinski definition) is 4. The summed E-state index contributed by atoms with van der Waals surface area (Å²) in [5, 5.41) is 27.1. The second-order valence-electron chi connectivity index (χ2n) is 3.20. The Morgan fingerprint density at radius 1 is 1.13 bits per heavy atom. The van der Waals surface area contributed by atoms with Crippen molar-refractivity contribution in [2.24, 2.45) is 0 Å². The minimum absolute atomic E-state index is 0.0209. The van der Waals surface area contributed by atoms with Crippen molar-refractivity contribution >= 4 is 29.2 Å². The molecule has 0 fully saturated rings. The van der Waals surface area contributed by atoms with Crippen LogP contribution in [-0.2, 0) is 4.79 Å². The van der Waals surface area contributed by atoms with E-state index in [-0.39, 0.29) is 31.4 Å². The minimum Gasteiger partial charge on any atom is -0.480 e. The number of halogens is 2. The van der Waals surface area contributed by atoms with Gasteiger partial charge in [0.2, 0.25) is 0 Å². The molecule has 2 atom stereocenters. The highest BCUT2D eigenvalue weighted by Crippen LogP contribution is 1.99. The molecule has 0 heterocycles. The number of aliphatic hydroxyl groups is 2. The fourth-order valence-electron chi connectivity index (χ4n) is 1.09. The van der Waals surface area contributed by atoms with Gasteiger partial charge in [-0.25, -0.2) is 0 Å². The summed E-state index contributed by atoms with van der Waals surface area (Å²) in [6, 6.07) is 0. The Morgan fingerprint density at radius 2 is 1.53 bits per heavy atom. The molecular weight excluding hydrogens is 245 g/mol. The van der Waals surface area contributed by atoms with Crippen molar-refractivity contribution < 1.29 is 20.1 Å². The molecule has 90 valence electrons. The molecule has 0 rings (SSSR count). The van der Waals surface area contributed by atoms with Gasteiger partial charge in [0.25, 0.3) is 0 Å². The van der Waals surface area contributed by atoms with Crippen molar-refractivity contribution in [1.82, 2.24) is 4.90 Å². The Kier molecular flexibility index (Phi) is 8.09. The van der Waals surface area contributed by atoms with Crippen LogP contribution in [0.4, 0.5) is 0 Å². The molecule has 0 amide bonds. The molecule has 0 aromatic rings. The van der Waals surface area contributed by atoms with Crippen LogP contribution in [0.15, 0.2) is 0 Å². The van der Waals surface area contributed by atoms with Gasteiger partial charge < -0.3 is 15.3 Å². The van der Waals surface area contributed by atoms with Crippen LogP contribution >= 0.6 is 23.2 Å². The Morgan fingerprint density at radius 3 is 1.80 bits per heavy atom. The topological polar surface area (TPSA) is 81.0 Å². The van der Waals surface area contributed by atoms with Crippen molar-refractivity contribution in [2.75, 3.05) is 31.4 Å². The van der Waals surface area contributed by atoms with E-state index in [2.05, 4.69) is 0 Å². The molecule has 2 unspecified atom stereocenters. The van der Waals surface area contributed by atoms with E-state index < -0.39 is 18.2 Å². The predicted octanol–water partition coefficient (Wildman–Crippen LogP) is -0.428. The van der Waals surface area contributed by atoms with Gasteiger partial charge in [-0.05, 0) is 0 Å². The number of rotatable bonds is 8. The van der Waals surface area contributed by atoms with Crippen LogP contribution in [0.2, 0.25) is 0 Å². The first-order valence-corrected chi connectivity index (χ1v) is 5.48. The molecule has 0 saturated heterocycles. The molecule has 0 aromatic heterocycles. The van der Waals surface area contributed by atoms with Gasteiger partial charge in [-0.3, -0.25) is 9.69 Å². The first-order chi connectivity index (χ1) is 6.99. The van der Waals surface area contributed by atoms with E-state index in [9.17, 15) is 15.0 Å². The van der Waals surface area contributed by atoms with Gasteiger partial charge in [0, 0.05) is 24.8 Å². The van der Waals surface area contributed by atoms with Gasteiger partial charge in [-0.1, -0.05) is 0 Å². The van der Waals surface area contributed by atoms with Crippen LogP contribution in [0.25, 0.3) is 0 Å². The molecule has 15 heavy (non-hydrogen) atoms. The average molecular weight is 260 g/mol. The van der Waals surface area contributed by atoms with Crippen LogP contribution in [0.3, 0.4) is 0 Å². The Hall–Kier alpha value is -0.0700. The van der Waals surface area contributed by atoms with Gasteiger partial charge in [-0.15, -0.1) is 23.2 Å². The van der Waals surface area contributed by atoms with Gasteiger partial charge in [0.05, 0.1) is 18.8 Å². The van der Waals surface area contributed by atoms with Gasteiger partial charge in [-0.2, -0.15) is 0 Å². The zero-order chi connectivity index (χ0) is 11.8. The summed E-state index contributed by atoms with van der Waals surface area (Å²) >= 11 is 10.8. The molecule has 0 aliphatic carbocycles. The van der Waals surface area contributed by atoms with E-state index in [1.54, 1.807) is 0 Å². The summed E-state index contributed by atoms with van der Waals surface area (Å²) in [7, 11) is 0. The van der Waals surface area contributed by atoms with E-state index in [1.165, 1.54) is 4.90 Å². The summed E-state index contributed by atoms with van der Waals surface area (Å²) in [5.74, 6) is -0.987. The summed E-state index contributed by atoms with van der Waals surface area (Å²) in [4.78, 5) is 11.9. The van der Waals surface area contributed by atoms with Crippen LogP contribution in [-0.4, -0.2) is 69.8 Å². The van der Waals surface area contributed by atoms with Crippen LogP contribution in [0.5, 0.6) is 0 Å². The maximum Gasteiger partial charge on any atom is 0.317 e. The zero-order valence-corrected chi connectivity index (χ0v) is 9.66. The number of carboxylic acid groups (broad SMARTS) is 1. The molecule has 0 aromatic carbocycles. The van der Waals surface area contributed by atoms with E-state index in [1.807, 2.05) is 0 Å². The fourth-order valence-corrected chi connectivity index (χ4v) is 1.28. The van der Waals surface area contributed by atoms with Gasteiger partial charge in [0.1, 0.15) is 0 Å². The maximum atomic E-state index is 10.5. The zero-order valence-electron chi connectivity index (χ0n) is 8.14. The van der Waals surface area contributed by atoms with Crippen LogP contribution in [0.1, 0.15) is 0 Å². The SMILES string of the molecule is O=C(O)CN(CC(O)CCl)CC(O)CCl. The molecule has 5 nitrogen and oxygen atoms in total. The normalized spacial score (nSPS) is 15.3. The second kappa shape index (κ2) is 8.13. The summed E-state index contributed by atoms with van der Waals surface area (Å²) in [5.41, 5.74) is 0. The number of nitrogens with zero attached hydrogens (tertiary/aromatic N) is 1. The highest BCUT2D eigenvalue weighted by Gasteiger charge is 2.17. The predicted molar refractivity (Wildman–Crippen MR) is 57.5 cm³/mol. The van der Waals surface area contributed by atoms with Gasteiger partial charge >= 0.3 is 5.97 Å². The van der Waals surface area contributed by atoms with Crippen LogP contribution in [0, 0.1) is 0 Å². The number of carbonyl (C=O) groups is 1. The van der Waals surface area contributed by atoms with Crippen molar-refractivity contribution in [3.8, 4) is 0 Å². The largest absolute Gasteiger partial charge is 0.480 e. The third-order valence-corrected chi connectivity index (χ3v) is 2.37. The number of aliphatic carboxylic acids is 1. The minimum atomic E-state index is -1.03. The van der Waals surface area contributed by atoms with E-state index in [0.29, 0.717) is 0 Å². The first-order valence-electron chi connectivity index (χ1n) is 4.41. The quantitative estimate of drug-likeness (QED) is 0.516. The van der Waals surface area contributed by atoms with Crippen molar-refractivity contribution in [3.05, 3.63) is 0 Å². The van der Waals surface area contributed by atoms with E-state index in [0.717, 1.165) is 0 Å². The summed E-state index contributed by atoms with van der Waals surface area (Å²) in [6.07, 6.45) is -1.62. The molecule has 0 aliphatic heterocycles. The van der Waals surface area contributed by atoms with Crippen molar-refractivity contribution in [1.29, 1.82) is 0 Å². The maximum absolute atomic E-state index is 10.5. The Balaban J connectivity index is 4.11. The van der Waals surface area contributed by atoms with E-state index >= 15 is 0 Å². The highest BCUT2D eigenvalue weighted by atomic mass is 35.5. The summed E-state index contributed by atoms with van der Waals surface area (Å²) in [6.45, 7) is -0.0601. The monoisotopic (exact) mass is 259 g/mol. The Bertz CT molecular complexity index is 181. The first kappa shape index (κ1) is 14.9. The van der Waals surface area contributed by atoms with Crippen LogP contribution < -0.4 is 0 Å². The lowest BCUT2D eigenvalue weighted by atomic mass is 10.3. The molecule has 0 spiro atoms. The second-order valence-corrected chi connectivity index (χ2v) is 3.82. The molecule has 0 aliphatic rings. The lowest BCUT2D eigenvalue weighted by Crippen LogP contribution is -2.42. The highest BCUT2D eigenvalue weighted by molar-refractivity contribution is 6.18. The van der Waals surface area contributed by atoms with E-state index in [4.69, 9.17) is 28.3 Å². The molecule has 3 N–H and O–H groups in total. The average Bonchev–Trinajstić information content (AvgIpc) is 2.16. The standard InChI is InChI=1S/C8H15Cl2NO4/c9-1-6(12)3-11(5-8(14)15)4-7(13)2-10/h6-7,12-13H,1-5H2,(H,14,15). The third kappa shape index (κ3) is 7.81. The molecule has 7 heteroatoms. The smallest absolute Gasteiger partial charge is 0.317 e. The number of aliphatic hydroxyl groups excluding tert-OH is 2. The number of carboxylic acids is 1. The lowest BCUT2D eigenvalue weighted by Gasteiger charge is -2.24. The lowest BCUT2D eigenvalue weighted by molar-refractivity contribution is -0.138. The van der Waals surface area contributed by atoms with Crippen molar-refractivity contribution in [2.45, 2.75) is 12.2 Å². The molecule has 0 radical (unpaired) electrons. The molecular formula is C8H15Cl2NO4. The summed E-state index contributed by atoms with van der Waals surface area (Å²) < 4.78 is 0. The van der Waals surface area contributed by atoms with Gasteiger partial charge in [0.15, 0.2) is 0 Å². The fraction of sp³-hybridized carbons (Fsp3) is 0.875.